The minimum absolute atomic E-state index is 0.0421. The van der Waals surface area contributed by atoms with Crippen LogP contribution in [-0.4, -0.2) is 25.2 Å². The lowest BCUT2D eigenvalue weighted by molar-refractivity contribution is -0.161. The highest BCUT2D eigenvalue weighted by molar-refractivity contribution is 5.90. The molecule has 0 amide bonds. The van der Waals surface area contributed by atoms with Gasteiger partial charge in [0.25, 0.3) is 0 Å². The number of rotatable bonds is 6. The zero-order valence-corrected chi connectivity index (χ0v) is 17.0. The molecule has 0 saturated heterocycles. The summed E-state index contributed by atoms with van der Waals surface area (Å²) in [6.07, 6.45) is 8.57. The number of allylic oxidation sites excluding steroid dienone is 4. The molecule has 1 aromatic carbocycles. The summed E-state index contributed by atoms with van der Waals surface area (Å²) >= 11 is 0. The molecule has 2 rings (SSSR count). The predicted octanol–water partition coefficient (Wildman–Crippen LogP) is 5.19. The van der Waals surface area contributed by atoms with Gasteiger partial charge in [-0.05, 0) is 55.4 Å². The van der Waals surface area contributed by atoms with Crippen molar-refractivity contribution in [3.8, 4) is 0 Å². The van der Waals surface area contributed by atoms with Crippen LogP contribution in [0.3, 0.4) is 0 Å². The fourth-order valence-electron chi connectivity index (χ4n) is 2.46. The number of hydrogen-bond acceptors (Lipinski definition) is 4. The summed E-state index contributed by atoms with van der Waals surface area (Å²) in [4.78, 5) is 24.4. The molecule has 0 saturated carbocycles. The normalized spacial score (nSPS) is 14.5. The lowest BCUT2D eigenvalue weighted by Crippen LogP contribution is -2.39. The van der Waals surface area contributed by atoms with Crippen molar-refractivity contribution in [2.24, 2.45) is 10.8 Å². The first-order valence-electron chi connectivity index (χ1n) is 9.44. The highest BCUT2D eigenvalue weighted by Gasteiger charge is 2.41. The Hall–Kier alpha value is -2.36. The van der Waals surface area contributed by atoms with Crippen molar-refractivity contribution in [3.63, 3.8) is 0 Å². The first kappa shape index (κ1) is 20.9. The number of benzene rings is 1. The smallest absolute Gasteiger partial charge is 0.338 e. The summed E-state index contributed by atoms with van der Waals surface area (Å²) in [5, 5.41) is 0. The minimum atomic E-state index is -0.616. The molecule has 4 heteroatoms. The van der Waals surface area contributed by atoms with E-state index in [1.807, 2.05) is 46.8 Å². The SMILES string of the molecule is CC(C)(C)C(C)(C)C(=O)OCCOC(=O)c1ccc(C2=CCCC=C2)cc1. The van der Waals surface area contributed by atoms with Gasteiger partial charge < -0.3 is 9.47 Å². The Morgan fingerprint density at radius 2 is 1.56 bits per heavy atom. The van der Waals surface area contributed by atoms with Crippen LogP contribution >= 0.6 is 0 Å². The summed E-state index contributed by atoms with van der Waals surface area (Å²) in [5.41, 5.74) is 1.91. The van der Waals surface area contributed by atoms with E-state index in [1.165, 1.54) is 5.57 Å². The number of ether oxygens (including phenoxy) is 2. The quantitative estimate of drug-likeness (QED) is 0.511. The van der Waals surface area contributed by atoms with Crippen molar-refractivity contribution in [1.29, 1.82) is 0 Å². The molecule has 0 N–H and O–H groups in total. The van der Waals surface area contributed by atoms with Gasteiger partial charge in [-0.25, -0.2) is 4.79 Å². The Bertz CT molecular complexity index is 731. The third kappa shape index (κ3) is 5.31. The largest absolute Gasteiger partial charge is 0.462 e. The van der Waals surface area contributed by atoms with Gasteiger partial charge in [0, 0.05) is 0 Å². The van der Waals surface area contributed by atoms with Crippen LogP contribution in [0.2, 0.25) is 0 Å². The Morgan fingerprint density at radius 3 is 2.11 bits per heavy atom. The molecule has 146 valence electrons. The molecule has 0 heterocycles. The van der Waals surface area contributed by atoms with Crippen LogP contribution in [0.5, 0.6) is 0 Å². The van der Waals surface area contributed by atoms with Gasteiger partial charge in [-0.2, -0.15) is 0 Å². The summed E-state index contributed by atoms with van der Waals surface area (Å²) in [6.45, 7) is 9.81. The Balaban J connectivity index is 1.81. The van der Waals surface area contributed by atoms with Gasteiger partial charge in [-0.15, -0.1) is 0 Å². The van der Waals surface area contributed by atoms with Crippen LogP contribution in [-0.2, 0) is 14.3 Å². The van der Waals surface area contributed by atoms with Crippen LogP contribution in [0.1, 0.15) is 63.4 Å². The maximum absolute atomic E-state index is 12.2. The van der Waals surface area contributed by atoms with Crippen molar-refractivity contribution in [3.05, 3.63) is 53.6 Å². The third-order valence-electron chi connectivity index (χ3n) is 5.38. The molecule has 0 aromatic heterocycles. The molecule has 0 spiro atoms. The summed E-state index contributed by atoms with van der Waals surface area (Å²) in [5.74, 6) is -0.704. The zero-order valence-electron chi connectivity index (χ0n) is 17.0. The molecule has 1 aliphatic rings. The highest BCUT2D eigenvalue weighted by atomic mass is 16.6. The Labute approximate surface area is 162 Å². The molecular weight excluding hydrogens is 340 g/mol. The molecule has 1 aliphatic carbocycles. The lowest BCUT2D eigenvalue weighted by Gasteiger charge is -2.36. The lowest BCUT2D eigenvalue weighted by atomic mass is 9.69. The molecule has 0 radical (unpaired) electrons. The maximum Gasteiger partial charge on any atom is 0.338 e. The maximum atomic E-state index is 12.2. The monoisotopic (exact) mass is 370 g/mol. The van der Waals surface area contributed by atoms with E-state index in [0.717, 1.165) is 18.4 Å². The van der Waals surface area contributed by atoms with Gasteiger partial charge >= 0.3 is 11.9 Å². The molecule has 1 aromatic rings. The molecule has 0 fully saturated rings. The number of carbonyl (C=O) groups is 2. The van der Waals surface area contributed by atoms with Gasteiger partial charge in [0.05, 0.1) is 11.0 Å². The summed E-state index contributed by atoms with van der Waals surface area (Å²) in [6, 6.07) is 7.36. The Morgan fingerprint density at radius 1 is 0.926 bits per heavy atom. The summed E-state index contributed by atoms with van der Waals surface area (Å²) in [7, 11) is 0. The first-order chi connectivity index (χ1) is 12.6. The fourth-order valence-corrected chi connectivity index (χ4v) is 2.46. The van der Waals surface area contributed by atoms with E-state index in [0.29, 0.717) is 5.56 Å². The van der Waals surface area contributed by atoms with Crippen LogP contribution < -0.4 is 0 Å². The number of esters is 2. The second kappa shape index (κ2) is 8.55. The molecule has 0 atom stereocenters. The van der Waals surface area contributed by atoms with Gasteiger partial charge in [-0.1, -0.05) is 51.1 Å². The van der Waals surface area contributed by atoms with Crippen molar-refractivity contribution in [2.45, 2.75) is 47.5 Å². The average Bonchev–Trinajstić information content (AvgIpc) is 2.64. The van der Waals surface area contributed by atoms with Crippen molar-refractivity contribution < 1.29 is 19.1 Å². The van der Waals surface area contributed by atoms with E-state index in [-0.39, 0.29) is 24.6 Å². The van der Waals surface area contributed by atoms with Gasteiger partial charge in [0.2, 0.25) is 0 Å². The van der Waals surface area contributed by atoms with E-state index >= 15 is 0 Å². The number of carbonyl (C=O) groups excluding carboxylic acids is 2. The van der Waals surface area contributed by atoms with Crippen molar-refractivity contribution >= 4 is 17.5 Å². The van der Waals surface area contributed by atoms with Crippen LogP contribution in [0.25, 0.3) is 5.57 Å². The summed E-state index contributed by atoms with van der Waals surface area (Å²) < 4.78 is 10.5. The molecular formula is C23H30O4. The topological polar surface area (TPSA) is 52.6 Å². The van der Waals surface area contributed by atoms with E-state index in [9.17, 15) is 9.59 Å². The molecule has 0 aliphatic heterocycles. The molecule has 0 bridgehead atoms. The second-order valence-electron chi connectivity index (χ2n) is 8.36. The van der Waals surface area contributed by atoms with Gasteiger partial charge in [0.15, 0.2) is 0 Å². The van der Waals surface area contributed by atoms with E-state index < -0.39 is 11.4 Å². The van der Waals surface area contributed by atoms with Crippen molar-refractivity contribution in [2.75, 3.05) is 13.2 Å². The van der Waals surface area contributed by atoms with E-state index in [1.54, 1.807) is 12.1 Å². The van der Waals surface area contributed by atoms with E-state index in [2.05, 4.69) is 18.2 Å². The van der Waals surface area contributed by atoms with Gasteiger partial charge in [-0.3, -0.25) is 4.79 Å². The fraction of sp³-hybridized carbons (Fsp3) is 0.478. The Kier molecular flexibility index (Phi) is 6.63. The predicted molar refractivity (Wildman–Crippen MR) is 107 cm³/mol. The van der Waals surface area contributed by atoms with Crippen LogP contribution in [0, 0.1) is 10.8 Å². The highest BCUT2D eigenvalue weighted by Crippen LogP contribution is 2.38. The molecule has 27 heavy (non-hydrogen) atoms. The number of hydrogen-bond donors (Lipinski definition) is 0. The van der Waals surface area contributed by atoms with Crippen molar-refractivity contribution in [1.82, 2.24) is 0 Å². The van der Waals surface area contributed by atoms with Gasteiger partial charge in [0.1, 0.15) is 13.2 Å². The standard InChI is InChI=1S/C23H30O4/c1-22(2,3)23(4,5)21(25)27-16-15-26-20(24)19-13-11-18(12-14-19)17-9-7-6-8-10-17/h7,9-14H,6,8,15-16H2,1-5H3. The average molecular weight is 370 g/mol. The van der Waals surface area contributed by atoms with E-state index in [4.69, 9.17) is 9.47 Å². The molecule has 4 nitrogen and oxygen atoms in total. The zero-order chi connectivity index (χ0) is 20.1. The third-order valence-corrected chi connectivity index (χ3v) is 5.38. The minimum Gasteiger partial charge on any atom is -0.462 e. The molecule has 0 unspecified atom stereocenters. The van der Waals surface area contributed by atoms with Crippen LogP contribution in [0.4, 0.5) is 0 Å². The first-order valence-corrected chi connectivity index (χ1v) is 9.44. The van der Waals surface area contributed by atoms with Crippen LogP contribution in [0.15, 0.2) is 42.5 Å². The second-order valence-corrected chi connectivity index (χ2v) is 8.36.